The van der Waals surface area contributed by atoms with Crippen LogP contribution in [0.25, 0.3) is 0 Å². The summed E-state index contributed by atoms with van der Waals surface area (Å²) in [4.78, 5) is 0. The van der Waals surface area contributed by atoms with E-state index < -0.39 is 0 Å². The summed E-state index contributed by atoms with van der Waals surface area (Å²) in [5.41, 5.74) is 0. The monoisotopic (exact) mass is 308 g/mol. The van der Waals surface area contributed by atoms with E-state index in [1.165, 1.54) is 0 Å². The van der Waals surface area contributed by atoms with E-state index >= 15 is 0 Å². The first-order valence-corrected chi connectivity index (χ1v) is 2.97. The maximum Gasteiger partial charge on any atom is 0.0701 e. The smallest absolute Gasteiger partial charge is 0.0701 e. The van der Waals surface area contributed by atoms with E-state index in [0.29, 0.717) is 26.4 Å². The van der Waals surface area contributed by atoms with Gasteiger partial charge in [0, 0.05) is 61.1 Å². The Balaban J connectivity index is 0. The van der Waals surface area contributed by atoms with Crippen molar-refractivity contribution in [2.24, 2.45) is 0 Å². The van der Waals surface area contributed by atoms with Gasteiger partial charge in [0.2, 0.25) is 0 Å². The standard InChI is InChI=1S/C6H14O3.Yb/c1-7-3-5-9-6-4-8-2;/h3-6H2,1-2H3;. The minimum atomic E-state index is 0. The summed E-state index contributed by atoms with van der Waals surface area (Å²) >= 11 is 0. The van der Waals surface area contributed by atoms with Crippen LogP contribution in [0.2, 0.25) is 0 Å². The van der Waals surface area contributed by atoms with Gasteiger partial charge >= 0.3 is 0 Å². The van der Waals surface area contributed by atoms with E-state index in [4.69, 9.17) is 14.2 Å². The number of ether oxygens (including phenoxy) is 3. The zero-order chi connectivity index (χ0) is 6.95. The Kier molecular flexibility index (Phi) is 18.2. The Hall–Kier alpha value is 1.40. The van der Waals surface area contributed by atoms with Crippen molar-refractivity contribution in [1.29, 1.82) is 0 Å². The fraction of sp³-hybridized carbons (Fsp3) is 1.00. The molecule has 0 rings (SSSR count). The average molecular weight is 307 g/mol. The fourth-order valence-corrected chi connectivity index (χ4v) is 0.387. The van der Waals surface area contributed by atoms with Gasteiger partial charge in [0.25, 0.3) is 0 Å². The quantitative estimate of drug-likeness (QED) is 0.661. The van der Waals surface area contributed by atoms with Gasteiger partial charge in [-0.2, -0.15) is 0 Å². The van der Waals surface area contributed by atoms with Crippen LogP contribution in [-0.2, 0) is 14.2 Å². The molecule has 0 heterocycles. The van der Waals surface area contributed by atoms with Crippen LogP contribution in [0.15, 0.2) is 0 Å². The Morgan fingerprint density at radius 3 is 1.50 bits per heavy atom. The van der Waals surface area contributed by atoms with Gasteiger partial charge < -0.3 is 14.2 Å². The first kappa shape index (κ1) is 14.0. The molecule has 4 heteroatoms. The fourth-order valence-electron chi connectivity index (χ4n) is 0.387. The number of rotatable bonds is 6. The molecule has 0 atom stereocenters. The summed E-state index contributed by atoms with van der Waals surface area (Å²) in [5.74, 6) is 0. The molecule has 0 aromatic rings. The van der Waals surface area contributed by atoms with Crippen LogP contribution in [0.4, 0.5) is 0 Å². The molecule has 0 fully saturated rings. The normalized spacial score (nSPS) is 9.00. The summed E-state index contributed by atoms with van der Waals surface area (Å²) in [6.07, 6.45) is 0. The minimum Gasteiger partial charge on any atom is -0.382 e. The molecular weight excluding hydrogens is 293 g/mol. The van der Waals surface area contributed by atoms with Crippen LogP contribution in [0.3, 0.4) is 0 Å². The van der Waals surface area contributed by atoms with Crippen molar-refractivity contribution in [1.82, 2.24) is 0 Å². The first-order chi connectivity index (χ1) is 4.41. The Morgan fingerprint density at radius 1 is 0.800 bits per heavy atom. The summed E-state index contributed by atoms with van der Waals surface area (Å²) in [5, 5.41) is 0. The van der Waals surface area contributed by atoms with Crippen molar-refractivity contribution in [3.8, 4) is 0 Å². The van der Waals surface area contributed by atoms with Crippen LogP contribution in [0.5, 0.6) is 0 Å². The van der Waals surface area contributed by atoms with Crippen molar-refractivity contribution in [2.75, 3.05) is 40.6 Å². The van der Waals surface area contributed by atoms with Gasteiger partial charge in [-0.05, 0) is 0 Å². The van der Waals surface area contributed by atoms with Crippen molar-refractivity contribution in [3.05, 3.63) is 0 Å². The molecular formula is C6H14O3Yb. The van der Waals surface area contributed by atoms with Crippen molar-refractivity contribution >= 4 is 0 Å². The molecule has 0 aromatic carbocycles. The summed E-state index contributed by atoms with van der Waals surface area (Å²) in [6.45, 7) is 2.62. The van der Waals surface area contributed by atoms with Crippen LogP contribution in [0, 0.1) is 46.9 Å². The minimum absolute atomic E-state index is 0. The van der Waals surface area contributed by atoms with Crippen molar-refractivity contribution in [3.63, 3.8) is 0 Å². The molecule has 10 heavy (non-hydrogen) atoms. The molecule has 3 nitrogen and oxygen atoms in total. The molecule has 0 aliphatic rings. The van der Waals surface area contributed by atoms with Gasteiger partial charge in [-0.15, -0.1) is 0 Å². The zero-order valence-corrected chi connectivity index (χ0v) is 8.04. The van der Waals surface area contributed by atoms with Gasteiger partial charge in [0.1, 0.15) is 0 Å². The van der Waals surface area contributed by atoms with E-state index in [1.54, 1.807) is 14.2 Å². The third-order valence-corrected chi connectivity index (χ3v) is 0.864. The van der Waals surface area contributed by atoms with Gasteiger partial charge in [-0.3, -0.25) is 0 Å². The molecule has 0 unspecified atom stereocenters. The summed E-state index contributed by atoms with van der Waals surface area (Å²) in [7, 11) is 3.30. The summed E-state index contributed by atoms with van der Waals surface area (Å²) in [6, 6.07) is 0. The van der Waals surface area contributed by atoms with Crippen LogP contribution < -0.4 is 0 Å². The van der Waals surface area contributed by atoms with Crippen LogP contribution >= 0.6 is 0 Å². The molecule has 0 saturated heterocycles. The predicted molar refractivity (Wildman–Crippen MR) is 34.6 cm³/mol. The molecule has 0 radical (unpaired) electrons. The van der Waals surface area contributed by atoms with Crippen LogP contribution in [-0.4, -0.2) is 40.6 Å². The molecule has 0 spiro atoms. The number of hydrogen-bond donors (Lipinski definition) is 0. The maximum absolute atomic E-state index is 5.06. The van der Waals surface area contributed by atoms with E-state index in [1.807, 2.05) is 0 Å². The SMILES string of the molecule is COCCOCCOC.[Yb]. The van der Waals surface area contributed by atoms with Gasteiger partial charge in [-0.1, -0.05) is 0 Å². The Bertz CT molecular complexity index is 46.3. The first-order valence-electron chi connectivity index (χ1n) is 2.97. The predicted octanol–water partition coefficient (Wildman–Crippen LogP) is 0.296. The Labute approximate surface area is 101 Å². The molecule has 0 saturated carbocycles. The molecule has 0 aromatic heterocycles. The van der Waals surface area contributed by atoms with Gasteiger partial charge in [0.15, 0.2) is 0 Å². The van der Waals surface area contributed by atoms with E-state index in [0.717, 1.165) is 0 Å². The van der Waals surface area contributed by atoms with E-state index in [2.05, 4.69) is 0 Å². The molecule has 70 valence electrons. The molecule has 0 N–H and O–H groups in total. The molecule has 0 amide bonds. The maximum atomic E-state index is 5.06. The largest absolute Gasteiger partial charge is 0.382 e. The molecule has 0 bridgehead atoms. The third-order valence-electron chi connectivity index (χ3n) is 0.864. The summed E-state index contributed by atoms with van der Waals surface area (Å²) < 4.78 is 14.6. The van der Waals surface area contributed by atoms with E-state index in [-0.39, 0.29) is 46.9 Å². The second-order valence-electron chi connectivity index (χ2n) is 1.60. The van der Waals surface area contributed by atoms with E-state index in [9.17, 15) is 0 Å². The van der Waals surface area contributed by atoms with Gasteiger partial charge in [-0.25, -0.2) is 0 Å². The molecule has 0 aliphatic carbocycles. The topological polar surface area (TPSA) is 27.7 Å². The van der Waals surface area contributed by atoms with Crippen molar-refractivity contribution < 1.29 is 61.1 Å². The Morgan fingerprint density at radius 2 is 1.20 bits per heavy atom. The second kappa shape index (κ2) is 13.0. The molecule has 0 aliphatic heterocycles. The van der Waals surface area contributed by atoms with Crippen molar-refractivity contribution in [2.45, 2.75) is 0 Å². The third kappa shape index (κ3) is 12.1. The zero-order valence-electron chi connectivity index (χ0n) is 6.32. The number of hydrogen-bond acceptors (Lipinski definition) is 3. The number of methoxy groups -OCH3 is 2. The van der Waals surface area contributed by atoms with Crippen LogP contribution in [0.1, 0.15) is 0 Å². The van der Waals surface area contributed by atoms with Gasteiger partial charge in [0.05, 0.1) is 26.4 Å². The average Bonchev–Trinajstić information content (AvgIpc) is 1.89. The second-order valence-corrected chi connectivity index (χ2v) is 1.60.